The quantitative estimate of drug-likeness (QED) is 0.261. The predicted octanol–water partition coefficient (Wildman–Crippen LogP) is 7.24. The van der Waals surface area contributed by atoms with Gasteiger partial charge in [-0.2, -0.15) is 13.2 Å². The van der Waals surface area contributed by atoms with Gasteiger partial charge >= 0.3 is 6.18 Å². The molecule has 1 aromatic carbocycles. The maximum absolute atomic E-state index is 12.7. The van der Waals surface area contributed by atoms with Crippen LogP contribution in [0.3, 0.4) is 0 Å². The number of benzene rings is 1. The number of hydrogen-bond donors (Lipinski definition) is 2. The topological polar surface area (TPSA) is 127 Å². The van der Waals surface area contributed by atoms with Crippen molar-refractivity contribution in [1.82, 2.24) is 0 Å². The summed E-state index contributed by atoms with van der Waals surface area (Å²) >= 11 is 6.73. The number of nitrogens with zero attached hydrogens (tertiary/aromatic N) is 1. The number of hydrogen-bond acceptors (Lipinski definition) is 6. The third-order valence-corrected chi connectivity index (χ3v) is 11.8. The number of Topliss-reactive ketones (excluding diaryl/α,β-unsaturated/α-hetero) is 1. The summed E-state index contributed by atoms with van der Waals surface area (Å²) in [6.45, 7) is 9.11. The average Bonchev–Trinajstić information content (AvgIpc) is 3.71. The summed E-state index contributed by atoms with van der Waals surface area (Å²) in [5.74, 6) is 0.895. The van der Waals surface area contributed by atoms with Crippen LogP contribution in [0.1, 0.15) is 72.3 Å². The fraction of sp³-hybridized carbons (Fsp3) is 0.606. The molecule has 1 amide bonds. The smallest absolute Gasteiger partial charge is 0.382 e. The van der Waals surface area contributed by atoms with E-state index < -0.39 is 39.8 Å². The first-order valence-electron chi connectivity index (χ1n) is 15.3. The minimum Gasteiger partial charge on any atom is -0.382 e. The number of amides is 1. The van der Waals surface area contributed by atoms with Crippen molar-refractivity contribution in [2.24, 2.45) is 46.3 Å². The molecule has 3 saturated carbocycles. The first kappa shape index (κ1) is 33.3. The lowest BCUT2D eigenvalue weighted by molar-refractivity contribution is -0.388. The lowest BCUT2D eigenvalue weighted by atomic mass is 9.47. The van der Waals surface area contributed by atoms with Crippen molar-refractivity contribution in [3.8, 4) is 0 Å². The standard InChI is InChI=1S/C22H27ClO3.C11H11F3N2O3/c1-11(24)22(26)7-5-14-12-9-18(23)17-10-19(25)13-8-16(13)21(17,3)15(12)4-6-20(14,22)2;1-6(2)10(17)15-7-3-4-9(16(18)19)8(5-7)11(12,13)14/h9-10,12-16,26H,4-8H2,1-3H3;3-6H,1-2H3,(H,15,17)/t12-,13+,14-,15-,16-,20-,21-,22-;/m0./s1. The summed E-state index contributed by atoms with van der Waals surface area (Å²) in [5.41, 5.74) is -3.13. The second kappa shape index (κ2) is 11.0. The summed E-state index contributed by atoms with van der Waals surface area (Å²) in [5, 5.41) is 24.7. The Kier molecular flexibility index (Phi) is 8.17. The highest BCUT2D eigenvalue weighted by Crippen LogP contribution is 2.72. The predicted molar refractivity (Wildman–Crippen MR) is 161 cm³/mol. The molecule has 0 radical (unpaired) electrons. The first-order chi connectivity index (χ1) is 20.8. The molecule has 0 unspecified atom stereocenters. The minimum absolute atomic E-state index is 0.0344. The van der Waals surface area contributed by atoms with Crippen LogP contribution in [0.2, 0.25) is 0 Å². The molecule has 0 aromatic heterocycles. The number of carbonyl (C=O) groups is 3. The summed E-state index contributed by atoms with van der Waals surface area (Å²) in [4.78, 5) is 45.4. The van der Waals surface area contributed by atoms with Crippen LogP contribution in [-0.4, -0.2) is 33.1 Å². The normalized spacial score (nSPS) is 36.2. The summed E-state index contributed by atoms with van der Waals surface area (Å²) in [7, 11) is 0. The minimum atomic E-state index is -4.86. The Hall–Kier alpha value is -3.05. The highest BCUT2D eigenvalue weighted by molar-refractivity contribution is 6.32. The molecule has 0 saturated heterocycles. The molecule has 0 heterocycles. The van der Waals surface area contributed by atoms with E-state index in [9.17, 15) is 42.8 Å². The molecule has 5 aliphatic rings. The highest BCUT2D eigenvalue weighted by Gasteiger charge is 2.69. The number of nitro groups is 1. The van der Waals surface area contributed by atoms with Gasteiger partial charge in [-0.25, -0.2) is 0 Å². The Labute approximate surface area is 264 Å². The van der Waals surface area contributed by atoms with Crippen molar-refractivity contribution < 1.29 is 37.6 Å². The Bertz CT molecular complexity index is 1540. The molecule has 244 valence electrons. The molecule has 12 heteroatoms. The third-order valence-electron chi connectivity index (χ3n) is 11.5. The number of ketones is 2. The van der Waals surface area contributed by atoms with Crippen molar-refractivity contribution >= 4 is 40.4 Å². The van der Waals surface area contributed by atoms with Crippen LogP contribution in [0.25, 0.3) is 0 Å². The van der Waals surface area contributed by atoms with Crippen LogP contribution >= 0.6 is 11.6 Å². The van der Waals surface area contributed by atoms with E-state index in [4.69, 9.17) is 11.6 Å². The number of nitrogens with one attached hydrogen (secondary N) is 1. The molecule has 3 fully saturated rings. The molecule has 0 bridgehead atoms. The van der Waals surface area contributed by atoms with Gasteiger partial charge in [0.05, 0.1) is 4.92 Å². The number of rotatable bonds is 4. The molecule has 0 aliphatic heterocycles. The van der Waals surface area contributed by atoms with E-state index in [2.05, 4.69) is 25.2 Å². The van der Waals surface area contributed by atoms with Gasteiger partial charge in [0.1, 0.15) is 11.2 Å². The summed E-state index contributed by atoms with van der Waals surface area (Å²) < 4.78 is 38.0. The van der Waals surface area contributed by atoms with Crippen molar-refractivity contribution in [1.29, 1.82) is 0 Å². The van der Waals surface area contributed by atoms with Crippen molar-refractivity contribution in [3.05, 3.63) is 56.6 Å². The maximum atomic E-state index is 12.7. The monoisotopic (exact) mass is 650 g/mol. The van der Waals surface area contributed by atoms with E-state index in [0.29, 0.717) is 24.3 Å². The van der Waals surface area contributed by atoms with Crippen LogP contribution < -0.4 is 5.32 Å². The summed E-state index contributed by atoms with van der Waals surface area (Å²) in [6, 6.07) is 2.34. The molecule has 45 heavy (non-hydrogen) atoms. The molecule has 0 spiro atoms. The maximum Gasteiger partial charge on any atom is 0.423 e. The van der Waals surface area contributed by atoms with E-state index in [1.165, 1.54) is 6.92 Å². The van der Waals surface area contributed by atoms with Crippen LogP contribution in [0.5, 0.6) is 0 Å². The number of allylic oxidation sites excluding steroid dienone is 4. The van der Waals surface area contributed by atoms with E-state index in [0.717, 1.165) is 48.4 Å². The zero-order valence-electron chi connectivity index (χ0n) is 25.8. The Balaban J connectivity index is 0.000000189. The van der Waals surface area contributed by atoms with E-state index in [-0.39, 0.29) is 45.8 Å². The fourth-order valence-electron chi connectivity index (χ4n) is 8.85. The molecular formula is C33H38ClF3N2O6. The zero-order valence-corrected chi connectivity index (χ0v) is 26.6. The van der Waals surface area contributed by atoms with Crippen LogP contribution in [0.15, 0.2) is 41.0 Å². The van der Waals surface area contributed by atoms with E-state index >= 15 is 0 Å². The second-order valence-corrected chi connectivity index (χ2v) is 14.4. The number of anilines is 1. The second-order valence-electron chi connectivity index (χ2n) is 14.0. The Morgan fingerprint density at radius 1 is 1.13 bits per heavy atom. The highest BCUT2D eigenvalue weighted by atomic mass is 35.5. The molecule has 2 N–H and O–H groups in total. The van der Waals surface area contributed by atoms with E-state index in [1.54, 1.807) is 13.8 Å². The van der Waals surface area contributed by atoms with E-state index in [1.807, 2.05) is 6.08 Å². The van der Waals surface area contributed by atoms with Crippen molar-refractivity contribution in [2.75, 3.05) is 5.32 Å². The Morgan fingerprint density at radius 3 is 2.36 bits per heavy atom. The van der Waals surface area contributed by atoms with Gasteiger partial charge in [0.15, 0.2) is 11.6 Å². The zero-order chi connectivity index (χ0) is 33.4. The lowest BCUT2D eigenvalue weighted by Gasteiger charge is -2.57. The van der Waals surface area contributed by atoms with Gasteiger partial charge in [0.2, 0.25) is 5.91 Å². The van der Waals surface area contributed by atoms with Crippen LogP contribution in [0.4, 0.5) is 24.5 Å². The van der Waals surface area contributed by atoms with Gasteiger partial charge in [-0.3, -0.25) is 24.5 Å². The number of fused-ring (bicyclic) bond motifs is 7. The lowest BCUT2D eigenvalue weighted by Crippen LogP contribution is -2.56. The van der Waals surface area contributed by atoms with Gasteiger partial charge in [-0.05, 0) is 86.5 Å². The van der Waals surface area contributed by atoms with Gasteiger partial charge in [0.25, 0.3) is 5.69 Å². The van der Waals surface area contributed by atoms with Gasteiger partial charge in [-0.15, -0.1) is 0 Å². The number of carbonyl (C=O) groups excluding carboxylic acids is 3. The van der Waals surface area contributed by atoms with Crippen LogP contribution in [-0.2, 0) is 20.6 Å². The number of alkyl halides is 3. The molecular weight excluding hydrogens is 613 g/mol. The first-order valence-corrected chi connectivity index (χ1v) is 15.7. The molecule has 5 aliphatic carbocycles. The number of nitro benzene ring substituents is 1. The molecule has 1 aromatic rings. The van der Waals surface area contributed by atoms with Crippen LogP contribution in [0, 0.1) is 56.5 Å². The van der Waals surface area contributed by atoms with Gasteiger partial charge < -0.3 is 10.4 Å². The van der Waals surface area contributed by atoms with Gasteiger partial charge in [-0.1, -0.05) is 45.4 Å². The Morgan fingerprint density at radius 2 is 1.78 bits per heavy atom. The largest absolute Gasteiger partial charge is 0.423 e. The summed E-state index contributed by atoms with van der Waals surface area (Å²) in [6.07, 6.45) is 3.39. The van der Waals surface area contributed by atoms with Gasteiger partial charge in [0, 0.05) is 39.5 Å². The number of halogens is 4. The average molecular weight is 651 g/mol. The van der Waals surface area contributed by atoms with Crippen molar-refractivity contribution in [3.63, 3.8) is 0 Å². The fourth-order valence-corrected chi connectivity index (χ4v) is 9.25. The molecule has 8 nitrogen and oxygen atoms in total. The third kappa shape index (κ3) is 5.23. The van der Waals surface area contributed by atoms with Crippen molar-refractivity contribution in [2.45, 2.75) is 78.5 Å². The molecule has 8 atom stereocenters. The SMILES string of the molecule is CC(=O)[C@@]1(O)CC[C@H]2[C@@H]3C=C(Cl)C4=CC(=O)[C@@H]5C[C@@H]5[C@]4(C)[C@H]3CC[C@@]21C.CC(C)C(=O)Nc1ccc([N+](=O)[O-])c(C(F)(F)F)c1. The molecule has 6 rings (SSSR count). The number of aliphatic hydroxyl groups is 1.